The highest BCUT2D eigenvalue weighted by atomic mass is 35.5. The summed E-state index contributed by atoms with van der Waals surface area (Å²) in [6.07, 6.45) is 19.7. The number of carbonyl (C=O) groups is 8. The Morgan fingerprint density at radius 1 is 0.312 bits per heavy atom. The molecule has 0 fully saturated rings. The van der Waals surface area contributed by atoms with Gasteiger partial charge in [-0.3, -0.25) is 68.3 Å². The van der Waals surface area contributed by atoms with Crippen molar-refractivity contribution in [2.24, 2.45) is 0 Å². The molecule has 0 radical (unpaired) electrons. The Morgan fingerprint density at radius 3 is 1.02 bits per heavy atom. The quantitative estimate of drug-likeness (QED) is 0.0513. The van der Waals surface area contributed by atoms with E-state index in [0.29, 0.717) is 105 Å². The molecule has 6 aromatic carbocycles. The summed E-state index contributed by atoms with van der Waals surface area (Å²) in [7, 11) is 6.92. The fraction of sp³-hybridized carbons (Fsp3) is 0.187. The van der Waals surface area contributed by atoms with E-state index < -0.39 is 0 Å². The molecule has 6 heterocycles. The van der Waals surface area contributed by atoms with Gasteiger partial charge in [0, 0.05) is 175 Å². The van der Waals surface area contributed by atoms with E-state index in [-0.39, 0.29) is 53.2 Å². The Morgan fingerprint density at radius 2 is 0.652 bits per heavy atom. The van der Waals surface area contributed by atoms with E-state index in [2.05, 4.69) is 29.9 Å². The number of halogens is 3. The lowest BCUT2D eigenvalue weighted by Gasteiger charge is -2.18. The number of hydrogen-bond acceptors (Lipinski definition) is 14. The standard InChI is InChI=1S/C24H24N2O2.C23H21ClN2O2.2C22H20ClN3O2/c1-4-24(28)26(3)21-9-10-22(17(2)15-21)19-5-7-20(8-6-19)23(27)16-18-11-13-25-14-12-18;1-3-23(28)26(2)21-9-8-19(15-20(21)24)17-4-6-18(7-5-17)22(27)14-16-10-12-25-13-11-16;1-3-22(28)26(2)20-7-5-16(13-18(20)23)19-6-4-17(14-25-19)21(27)12-15-8-10-24-11-9-15;1-3-22(28)26(2)20-7-5-16(13-18(20)23)17-4-6-19(25-14-17)21(27)12-15-8-10-24-11-9-15/h5-15H,4,16H2,1-3H3;4-13,15H,3,14H2,1-2H3;2*4-11,13-14H,3,12H2,1-2H3. The van der Waals surface area contributed by atoms with Gasteiger partial charge in [0.2, 0.25) is 23.6 Å². The molecule has 0 atom stereocenters. The number of anilines is 4. The number of amides is 4. The minimum Gasteiger partial charge on any atom is -0.316 e. The zero-order valence-electron chi connectivity index (χ0n) is 63.8. The van der Waals surface area contributed by atoms with Gasteiger partial charge >= 0.3 is 0 Å². The average molecular weight is 1550 g/mol. The van der Waals surface area contributed by atoms with Crippen LogP contribution in [0.5, 0.6) is 0 Å². The topological polar surface area (TPSA) is 227 Å². The van der Waals surface area contributed by atoms with E-state index >= 15 is 0 Å². The van der Waals surface area contributed by atoms with Crippen LogP contribution in [0.15, 0.2) is 256 Å². The van der Waals surface area contributed by atoms with Crippen molar-refractivity contribution < 1.29 is 38.4 Å². The second-order valence-corrected chi connectivity index (χ2v) is 27.3. The van der Waals surface area contributed by atoms with Crippen LogP contribution in [0.4, 0.5) is 22.7 Å². The van der Waals surface area contributed by atoms with Crippen LogP contribution in [0.2, 0.25) is 15.1 Å². The van der Waals surface area contributed by atoms with Gasteiger partial charge in [-0.1, -0.05) is 141 Å². The van der Waals surface area contributed by atoms with Crippen molar-refractivity contribution in [3.05, 3.63) is 321 Å². The number of benzene rings is 6. The number of aromatic nitrogens is 6. The first-order chi connectivity index (χ1) is 54.0. The third-order valence-corrected chi connectivity index (χ3v) is 19.4. The van der Waals surface area contributed by atoms with Gasteiger partial charge in [-0.25, -0.2) is 0 Å². The molecule has 0 bridgehead atoms. The van der Waals surface area contributed by atoms with E-state index in [4.69, 9.17) is 34.8 Å². The number of nitrogens with zero attached hydrogens (tertiary/aromatic N) is 10. The first-order valence-electron chi connectivity index (χ1n) is 36.3. The van der Waals surface area contributed by atoms with Crippen molar-refractivity contribution in [3.63, 3.8) is 0 Å². The van der Waals surface area contributed by atoms with Crippen molar-refractivity contribution in [1.29, 1.82) is 0 Å². The Labute approximate surface area is 668 Å². The summed E-state index contributed by atoms with van der Waals surface area (Å²) in [6, 6.07) is 59.5. The molecule has 6 aromatic heterocycles. The van der Waals surface area contributed by atoms with Gasteiger partial charge in [0.15, 0.2) is 23.1 Å². The molecule has 12 aromatic rings. The van der Waals surface area contributed by atoms with Gasteiger partial charge in [-0.15, -0.1) is 0 Å². The molecule has 0 saturated heterocycles. The number of ketones is 4. The molecule has 18 nitrogen and oxygen atoms in total. The highest BCUT2D eigenvalue weighted by Crippen LogP contribution is 2.35. The summed E-state index contributed by atoms with van der Waals surface area (Å²) in [6.45, 7) is 9.33. The molecular formula is C91H85Cl3N10O8. The van der Waals surface area contributed by atoms with Gasteiger partial charge in [-0.05, 0) is 178 Å². The molecular weight excluding hydrogens is 1470 g/mol. The minimum absolute atomic E-state index is 0.00154. The normalized spacial score (nSPS) is 10.5. The number of hydrogen-bond donors (Lipinski definition) is 0. The zero-order valence-corrected chi connectivity index (χ0v) is 66.0. The maximum absolute atomic E-state index is 12.5. The van der Waals surface area contributed by atoms with Crippen LogP contribution in [-0.2, 0) is 44.9 Å². The summed E-state index contributed by atoms with van der Waals surface area (Å²) >= 11 is 19.1. The average Bonchev–Trinajstić information content (AvgIpc) is 0.828. The summed E-state index contributed by atoms with van der Waals surface area (Å²) in [4.78, 5) is 128. The highest BCUT2D eigenvalue weighted by molar-refractivity contribution is 6.35. The van der Waals surface area contributed by atoms with Crippen molar-refractivity contribution in [2.75, 3.05) is 47.8 Å². The molecule has 0 unspecified atom stereocenters. The number of rotatable bonds is 24. The maximum Gasteiger partial charge on any atom is 0.226 e. The summed E-state index contributed by atoms with van der Waals surface area (Å²) in [5.74, 6) is 0.175. The van der Waals surface area contributed by atoms with E-state index in [9.17, 15) is 38.4 Å². The van der Waals surface area contributed by atoms with Crippen LogP contribution in [-0.4, -0.2) is 105 Å². The third-order valence-electron chi connectivity index (χ3n) is 18.5. The molecule has 12 rings (SSSR count). The van der Waals surface area contributed by atoms with Crippen LogP contribution in [0.1, 0.15) is 123 Å². The molecule has 0 N–H and O–H groups in total. The smallest absolute Gasteiger partial charge is 0.226 e. The van der Waals surface area contributed by atoms with Gasteiger partial charge in [-0.2, -0.15) is 0 Å². The molecule has 0 aliphatic rings. The molecule has 0 aliphatic heterocycles. The minimum atomic E-state index is -0.0502. The predicted molar refractivity (Wildman–Crippen MR) is 447 cm³/mol. The maximum atomic E-state index is 12.5. The van der Waals surface area contributed by atoms with Gasteiger partial charge in [0.1, 0.15) is 5.69 Å². The highest BCUT2D eigenvalue weighted by Gasteiger charge is 2.20. The first-order valence-corrected chi connectivity index (χ1v) is 37.5. The molecule has 21 heteroatoms. The van der Waals surface area contributed by atoms with E-state index in [0.717, 1.165) is 72.4 Å². The van der Waals surface area contributed by atoms with E-state index in [1.807, 2.05) is 192 Å². The molecule has 0 saturated carbocycles. The molecule has 0 spiro atoms. The fourth-order valence-electron chi connectivity index (χ4n) is 11.8. The summed E-state index contributed by atoms with van der Waals surface area (Å²) < 4.78 is 0. The molecule has 568 valence electrons. The lowest BCUT2D eigenvalue weighted by molar-refractivity contribution is -0.118. The van der Waals surface area contributed by atoms with Crippen molar-refractivity contribution in [1.82, 2.24) is 29.9 Å². The number of Topliss-reactive ketones (excluding diaryl/α,β-unsaturated/α-hetero) is 4. The second-order valence-electron chi connectivity index (χ2n) is 26.1. The van der Waals surface area contributed by atoms with Crippen molar-refractivity contribution in [2.45, 2.75) is 86.0 Å². The van der Waals surface area contributed by atoms with Crippen molar-refractivity contribution in [3.8, 4) is 44.6 Å². The van der Waals surface area contributed by atoms with E-state index in [1.165, 1.54) is 0 Å². The fourth-order valence-corrected chi connectivity index (χ4v) is 12.7. The molecule has 112 heavy (non-hydrogen) atoms. The monoisotopic (exact) mass is 1550 g/mol. The van der Waals surface area contributed by atoms with Gasteiger partial charge < -0.3 is 19.6 Å². The SMILES string of the molecule is CCC(=O)N(C)c1ccc(-c2ccc(C(=O)Cc3ccncc3)cc2)c(C)c1.CCC(=O)N(C)c1ccc(-c2ccc(C(=O)Cc3ccncc3)cc2)cc1Cl.CCC(=O)N(C)c1ccc(-c2ccc(C(=O)Cc3ccncc3)cn2)cc1Cl.CCC(=O)N(C)c1ccc(-c2ccc(C(=O)Cc3ccncc3)nc2)cc1Cl. The van der Waals surface area contributed by atoms with Crippen LogP contribution >= 0.6 is 34.8 Å². The lowest BCUT2D eigenvalue weighted by Crippen LogP contribution is -2.25. The lowest BCUT2D eigenvalue weighted by atomic mass is 9.97. The Balaban J connectivity index is 0.000000171. The zero-order chi connectivity index (χ0) is 80.4. The Hall–Kier alpha value is -12.4. The first kappa shape index (κ1) is 83.7. The molecule has 0 aliphatic carbocycles. The van der Waals surface area contributed by atoms with E-state index in [1.54, 1.807) is 146 Å². The Bertz CT molecular complexity index is 4870. The van der Waals surface area contributed by atoms with Gasteiger partial charge in [0.05, 0.1) is 37.8 Å². The number of aryl methyl sites for hydroxylation is 1. The second kappa shape index (κ2) is 40.9. The summed E-state index contributed by atoms with van der Waals surface area (Å²) in [5, 5.41) is 1.47. The predicted octanol–water partition coefficient (Wildman–Crippen LogP) is 19.2. The number of carbonyl (C=O) groups excluding carboxylic acids is 8. The van der Waals surface area contributed by atoms with Crippen molar-refractivity contribution >= 4 is 104 Å². The largest absolute Gasteiger partial charge is 0.316 e. The van der Waals surface area contributed by atoms with Crippen LogP contribution in [0, 0.1) is 6.92 Å². The van der Waals surface area contributed by atoms with Crippen LogP contribution < -0.4 is 19.6 Å². The third kappa shape index (κ3) is 22.9. The van der Waals surface area contributed by atoms with Crippen LogP contribution in [0.3, 0.4) is 0 Å². The van der Waals surface area contributed by atoms with Crippen LogP contribution in [0.25, 0.3) is 44.6 Å². The number of pyridine rings is 6. The van der Waals surface area contributed by atoms with Gasteiger partial charge in [0.25, 0.3) is 0 Å². The Kier molecular flexibility index (Phi) is 30.6. The molecule has 4 amide bonds. The summed E-state index contributed by atoms with van der Waals surface area (Å²) in [5.41, 5.74) is 17.3.